The van der Waals surface area contributed by atoms with Crippen molar-refractivity contribution in [3.05, 3.63) is 35.9 Å². The molecule has 4 nitrogen and oxygen atoms in total. The summed E-state index contributed by atoms with van der Waals surface area (Å²) < 4.78 is 11.9. The highest BCUT2D eigenvalue weighted by atomic mass is 32.2. The predicted molar refractivity (Wildman–Crippen MR) is 83.6 cm³/mol. The molecule has 0 saturated heterocycles. The highest BCUT2D eigenvalue weighted by Gasteiger charge is 2.18. The lowest BCUT2D eigenvalue weighted by Gasteiger charge is -2.17. The lowest BCUT2D eigenvalue weighted by Crippen LogP contribution is -2.45. The molecule has 1 rings (SSSR count). The van der Waals surface area contributed by atoms with E-state index in [0.29, 0.717) is 18.1 Å². The van der Waals surface area contributed by atoms with Gasteiger partial charge in [-0.1, -0.05) is 50.6 Å². The number of hydrogen-bond donors (Lipinski definition) is 2. The van der Waals surface area contributed by atoms with Crippen LogP contribution in [0.5, 0.6) is 0 Å². The molecule has 3 unspecified atom stereocenters. The first kappa shape index (κ1) is 16.9. The average Bonchev–Trinajstić information content (AvgIpc) is 2.46. The summed E-state index contributed by atoms with van der Waals surface area (Å²) in [7, 11) is -0.969. The first-order chi connectivity index (χ1) is 9.54. The fourth-order valence-electron chi connectivity index (χ4n) is 1.75. The summed E-state index contributed by atoms with van der Waals surface area (Å²) in [5.74, 6) is 0.975. The Hall–Kier alpha value is -1.20. The Kier molecular flexibility index (Phi) is 7.47. The molecular weight excluding hydrogens is 272 g/mol. The minimum Gasteiger partial charge on any atom is -0.354 e. The van der Waals surface area contributed by atoms with E-state index in [1.165, 1.54) is 0 Å². The van der Waals surface area contributed by atoms with E-state index in [4.69, 9.17) is 5.73 Å². The van der Waals surface area contributed by atoms with Crippen LogP contribution in [0.1, 0.15) is 25.8 Å². The van der Waals surface area contributed by atoms with Gasteiger partial charge in [-0.15, -0.1) is 0 Å². The molecule has 0 spiro atoms. The Bertz CT molecular complexity index is 437. The number of rotatable bonds is 8. The van der Waals surface area contributed by atoms with Crippen LogP contribution in [0.3, 0.4) is 0 Å². The second-order valence-electron chi connectivity index (χ2n) is 4.98. The van der Waals surface area contributed by atoms with E-state index < -0.39 is 16.8 Å². The van der Waals surface area contributed by atoms with Crippen LogP contribution in [0, 0.1) is 5.92 Å². The van der Waals surface area contributed by atoms with Gasteiger partial charge in [0.2, 0.25) is 5.91 Å². The monoisotopic (exact) mass is 296 g/mol. The zero-order valence-corrected chi connectivity index (χ0v) is 13.0. The summed E-state index contributed by atoms with van der Waals surface area (Å²) in [6.45, 7) is 4.37. The second-order valence-corrected chi connectivity index (χ2v) is 6.55. The van der Waals surface area contributed by atoms with Crippen molar-refractivity contribution in [1.29, 1.82) is 0 Å². The number of amides is 1. The molecule has 0 aliphatic heterocycles. The molecule has 0 aliphatic rings. The van der Waals surface area contributed by atoms with E-state index in [2.05, 4.69) is 5.32 Å². The van der Waals surface area contributed by atoms with Crippen LogP contribution in [0.4, 0.5) is 0 Å². The Balaban J connectivity index is 2.27. The van der Waals surface area contributed by atoms with E-state index in [-0.39, 0.29) is 11.8 Å². The van der Waals surface area contributed by atoms with Gasteiger partial charge in [0.1, 0.15) is 0 Å². The van der Waals surface area contributed by atoms with Gasteiger partial charge in [-0.05, 0) is 11.5 Å². The van der Waals surface area contributed by atoms with Crippen LogP contribution in [0.25, 0.3) is 0 Å². The van der Waals surface area contributed by atoms with E-state index >= 15 is 0 Å². The van der Waals surface area contributed by atoms with Crippen LogP contribution < -0.4 is 11.1 Å². The number of carbonyl (C=O) groups excluding carboxylic acids is 1. The normalized spacial score (nSPS) is 15.3. The Morgan fingerprint density at radius 2 is 2.00 bits per heavy atom. The molecule has 0 heterocycles. The van der Waals surface area contributed by atoms with Crippen molar-refractivity contribution < 1.29 is 9.00 Å². The molecule has 1 aromatic rings. The molecule has 0 bridgehead atoms. The van der Waals surface area contributed by atoms with Gasteiger partial charge in [0.05, 0.1) is 6.04 Å². The van der Waals surface area contributed by atoms with Crippen LogP contribution >= 0.6 is 0 Å². The molecule has 5 heteroatoms. The van der Waals surface area contributed by atoms with E-state index in [1.54, 1.807) is 0 Å². The molecule has 0 saturated carbocycles. The molecule has 0 radical (unpaired) electrons. The summed E-state index contributed by atoms with van der Waals surface area (Å²) >= 11 is 0. The van der Waals surface area contributed by atoms with Gasteiger partial charge in [0.15, 0.2) is 0 Å². The Morgan fingerprint density at radius 1 is 1.35 bits per heavy atom. The maximum Gasteiger partial charge on any atom is 0.237 e. The molecule has 1 aromatic carbocycles. The predicted octanol–water partition coefficient (Wildman–Crippen LogP) is 1.42. The highest BCUT2D eigenvalue weighted by Crippen LogP contribution is 2.05. The summed E-state index contributed by atoms with van der Waals surface area (Å²) in [4.78, 5) is 11.7. The van der Waals surface area contributed by atoms with Gasteiger partial charge in [0, 0.05) is 28.9 Å². The smallest absolute Gasteiger partial charge is 0.237 e. The van der Waals surface area contributed by atoms with Gasteiger partial charge in [-0.3, -0.25) is 9.00 Å². The second kappa shape index (κ2) is 8.87. The van der Waals surface area contributed by atoms with Gasteiger partial charge in [-0.25, -0.2) is 0 Å². The summed E-state index contributed by atoms with van der Waals surface area (Å²) in [5, 5.41) is 2.76. The first-order valence-electron chi connectivity index (χ1n) is 6.96. The topological polar surface area (TPSA) is 72.2 Å². The number of benzene rings is 1. The fraction of sp³-hybridized carbons (Fsp3) is 0.533. The van der Waals surface area contributed by atoms with Crippen molar-refractivity contribution in [1.82, 2.24) is 5.32 Å². The van der Waals surface area contributed by atoms with E-state index in [0.717, 1.165) is 12.0 Å². The zero-order valence-electron chi connectivity index (χ0n) is 12.2. The van der Waals surface area contributed by atoms with Crippen molar-refractivity contribution in [3.63, 3.8) is 0 Å². The average molecular weight is 296 g/mol. The molecule has 3 N–H and O–H groups in total. The van der Waals surface area contributed by atoms with Crippen LogP contribution in [0.2, 0.25) is 0 Å². The van der Waals surface area contributed by atoms with Crippen LogP contribution in [-0.2, 0) is 21.3 Å². The molecule has 3 atom stereocenters. The summed E-state index contributed by atoms with van der Waals surface area (Å²) in [5.41, 5.74) is 6.87. The lowest BCUT2D eigenvalue weighted by molar-refractivity contribution is -0.123. The Labute approximate surface area is 123 Å². The summed E-state index contributed by atoms with van der Waals surface area (Å²) in [6, 6.07) is 9.22. The summed E-state index contributed by atoms with van der Waals surface area (Å²) in [6.07, 6.45) is 0.870. The highest BCUT2D eigenvalue weighted by molar-refractivity contribution is 7.84. The number of hydrogen-bond acceptors (Lipinski definition) is 3. The maximum atomic E-state index is 11.9. The Morgan fingerprint density at radius 3 is 2.60 bits per heavy atom. The molecule has 20 heavy (non-hydrogen) atoms. The standard InChI is InChI=1S/C15H24N2O2S/c1-3-12(2)14(16)15(18)17-9-10-20(19)11-13-7-5-4-6-8-13/h4-8,12,14H,3,9-11,16H2,1-2H3,(H,17,18). The SMILES string of the molecule is CCC(C)C(N)C(=O)NCCS(=O)Cc1ccccc1. The molecule has 112 valence electrons. The first-order valence-corrected chi connectivity index (χ1v) is 8.45. The molecule has 0 aromatic heterocycles. The minimum absolute atomic E-state index is 0.156. The van der Waals surface area contributed by atoms with E-state index in [1.807, 2.05) is 44.2 Å². The third-order valence-corrected chi connectivity index (χ3v) is 4.67. The molecule has 0 aliphatic carbocycles. The van der Waals surface area contributed by atoms with Crippen molar-refractivity contribution in [2.24, 2.45) is 11.7 Å². The number of nitrogens with one attached hydrogen (secondary N) is 1. The van der Waals surface area contributed by atoms with Crippen molar-refractivity contribution in [2.75, 3.05) is 12.3 Å². The van der Waals surface area contributed by atoms with Crippen molar-refractivity contribution in [2.45, 2.75) is 32.1 Å². The minimum atomic E-state index is -0.969. The molecule has 1 amide bonds. The van der Waals surface area contributed by atoms with Gasteiger partial charge in [0.25, 0.3) is 0 Å². The molecule has 0 fully saturated rings. The third-order valence-electron chi connectivity index (χ3n) is 3.36. The van der Waals surface area contributed by atoms with Crippen LogP contribution in [-0.4, -0.2) is 28.5 Å². The third kappa shape index (κ3) is 5.84. The van der Waals surface area contributed by atoms with Crippen LogP contribution in [0.15, 0.2) is 30.3 Å². The van der Waals surface area contributed by atoms with Gasteiger partial charge >= 0.3 is 0 Å². The molecular formula is C15H24N2O2S. The maximum absolute atomic E-state index is 11.9. The lowest BCUT2D eigenvalue weighted by atomic mass is 9.99. The van der Waals surface area contributed by atoms with Gasteiger partial charge < -0.3 is 11.1 Å². The van der Waals surface area contributed by atoms with Crippen molar-refractivity contribution in [3.8, 4) is 0 Å². The zero-order chi connectivity index (χ0) is 15.0. The van der Waals surface area contributed by atoms with Crippen molar-refractivity contribution >= 4 is 16.7 Å². The largest absolute Gasteiger partial charge is 0.354 e. The number of carbonyl (C=O) groups is 1. The quantitative estimate of drug-likeness (QED) is 0.762. The van der Waals surface area contributed by atoms with Gasteiger partial charge in [-0.2, -0.15) is 0 Å². The fourth-order valence-corrected chi connectivity index (χ4v) is 2.79. The van der Waals surface area contributed by atoms with E-state index in [9.17, 15) is 9.00 Å². The number of nitrogens with two attached hydrogens (primary N) is 1.